The van der Waals surface area contributed by atoms with Crippen molar-refractivity contribution in [3.05, 3.63) is 29.5 Å². The van der Waals surface area contributed by atoms with Gasteiger partial charge in [-0.1, -0.05) is 25.3 Å². The first kappa shape index (κ1) is 17.7. The Morgan fingerprint density at radius 1 is 1.28 bits per heavy atom. The van der Waals surface area contributed by atoms with Gasteiger partial charge in [0, 0.05) is 6.04 Å². The quantitative estimate of drug-likeness (QED) is 0.643. The molecular weight excluding hydrogens is 336 g/mol. The van der Waals surface area contributed by atoms with E-state index in [-0.39, 0.29) is 11.9 Å². The maximum absolute atomic E-state index is 12.8. The van der Waals surface area contributed by atoms with Gasteiger partial charge in [0.2, 0.25) is 0 Å². The van der Waals surface area contributed by atoms with E-state index in [9.17, 15) is 4.79 Å². The molecule has 25 heavy (non-hydrogen) atoms. The molecule has 1 heterocycles. The largest absolute Gasteiger partial charge is 0.493 e. The van der Waals surface area contributed by atoms with Crippen LogP contribution in [-0.4, -0.2) is 35.7 Å². The SMILES string of the molecule is CCOc1ccc(/C=C2\NC(=S)N(C3CCCCC3)C2=O)cc1OC. The van der Waals surface area contributed by atoms with E-state index >= 15 is 0 Å². The minimum absolute atomic E-state index is 0.0373. The van der Waals surface area contributed by atoms with Crippen molar-refractivity contribution in [3.8, 4) is 11.5 Å². The highest BCUT2D eigenvalue weighted by molar-refractivity contribution is 7.80. The molecule has 0 atom stereocenters. The van der Waals surface area contributed by atoms with E-state index in [0.29, 0.717) is 28.9 Å². The van der Waals surface area contributed by atoms with Crippen LogP contribution in [0.3, 0.4) is 0 Å². The number of methoxy groups -OCH3 is 1. The molecule has 1 saturated heterocycles. The number of hydrogen-bond acceptors (Lipinski definition) is 4. The Hall–Kier alpha value is -2.08. The molecule has 1 N–H and O–H groups in total. The highest BCUT2D eigenvalue weighted by Crippen LogP contribution is 2.30. The monoisotopic (exact) mass is 360 g/mol. The number of benzene rings is 1. The van der Waals surface area contributed by atoms with E-state index in [1.54, 1.807) is 12.0 Å². The lowest BCUT2D eigenvalue weighted by Crippen LogP contribution is -2.41. The van der Waals surface area contributed by atoms with Gasteiger partial charge in [0.25, 0.3) is 5.91 Å². The highest BCUT2D eigenvalue weighted by Gasteiger charge is 2.36. The number of amides is 1. The molecule has 1 aliphatic heterocycles. The predicted molar refractivity (Wildman–Crippen MR) is 102 cm³/mol. The van der Waals surface area contributed by atoms with Gasteiger partial charge >= 0.3 is 0 Å². The number of carbonyl (C=O) groups excluding carboxylic acids is 1. The number of hydrogen-bond donors (Lipinski definition) is 1. The first-order chi connectivity index (χ1) is 12.1. The Bertz CT molecular complexity index is 696. The molecule has 1 amide bonds. The topological polar surface area (TPSA) is 50.8 Å². The number of rotatable bonds is 5. The molecule has 134 valence electrons. The molecule has 0 bridgehead atoms. The summed E-state index contributed by atoms with van der Waals surface area (Å²) in [6.45, 7) is 2.50. The first-order valence-electron chi connectivity index (χ1n) is 8.81. The van der Waals surface area contributed by atoms with Crippen molar-refractivity contribution in [2.24, 2.45) is 0 Å². The summed E-state index contributed by atoms with van der Waals surface area (Å²) in [4.78, 5) is 14.6. The van der Waals surface area contributed by atoms with Crippen molar-refractivity contribution in [1.29, 1.82) is 0 Å². The van der Waals surface area contributed by atoms with Gasteiger partial charge < -0.3 is 14.8 Å². The lowest BCUT2D eigenvalue weighted by atomic mass is 9.94. The normalized spacial score (nSPS) is 20.1. The molecule has 6 heteroatoms. The maximum atomic E-state index is 12.8. The van der Waals surface area contributed by atoms with Gasteiger partial charge in [-0.3, -0.25) is 9.69 Å². The third-order valence-electron chi connectivity index (χ3n) is 4.65. The second kappa shape index (κ2) is 7.87. The summed E-state index contributed by atoms with van der Waals surface area (Å²) in [5.74, 6) is 1.30. The number of nitrogens with zero attached hydrogens (tertiary/aromatic N) is 1. The van der Waals surface area contributed by atoms with Crippen LogP contribution in [0.25, 0.3) is 6.08 Å². The van der Waals surface area contributed by atoms with Gasteiger partial charge in [0.15, 0.2) is 16.6 Å². The second-order valence-corrected chi connectivity index (χ2v) is 6.69. The molecule has 2 fully saturated rings. The van der Waals surface area contributed by atoms with Gasteiger partial charge in [0.1, 0.15) is 5.70 Å². The van der Waals surface area contributed by atoms with Crippen molar-refractivity contribution in [2.45, 2.75) is 45.1 Å². The molecule has 0 aromatic heterocycles. The smallest absolute Gasteiger partial charge is 0.276 e. The van der Waals surface area contributed by atoms with E-state index in [1.165, 1.54) is 6.42 Å². The summed E-state index contributed by atoms with van der Waals surface area (Å²) in [5, 5.41) is 3.59. The van der Waals surface area contributed by atoms with Crippen LogP contribution in [0, 0.1) is 0 Å². The van der Waals surface area contributed by atoms with Crippen LogP contribution in [0.4, 0.5) is 0 Å². The predicted octanol–water partition coefficient (Wildman–Crippen LogP) is 3.48. The van der Waals surface area contributed by atoms with Crippen LogP contribution < -0.4 is 14.8 Å². The van der Waals surface area contributed by atoms with Crippen LogP contribution in [-0.2, 0) is 4.79 Å². The average Bonchev–Trinajstić information content (AvgIpc) is 2.90. The Kier molecular flexibility index (Phi) is 5.58. The minimum atomic E-state index is -0.0373. The fourth-order valence-corrected chi connectivity index (χ4v) is 3.78. The summed E-state index contributed by atoms with van der Waals surface area (Å²) in [6.07, 6.45) is 7.43. The average molecular weight is 360 g/mol. The molecule has 0 radical (unpaired) electrons. The zero-order valence-corrected chi connectivity index (χ0v) is 15.5. The fraction of sp³-hybridized carbons (Fsp3) is 0.474. The van der Waals surface area contributed by atoms with Crippen molar-refractivity contribution < 1.29 is 14.3 Å². The van der Waals surface area contributed by atoms with Crippen molar-refractivity contribution in [2.75, 3.05) is 13.7 Å². The molecule has 1 aliphatic carbocycles. The summed E-state index contributed by atoms with van der Waals surface area (Å²) in [7, 11) is 1.60. The van der Waals surface area contributed by atoms with Gasteiger partial charge in [-0.25, -0.2) is 0 Å². The molecule has 3 rings (SSSR count). The maximum Gasteiger partial charge on any atom is 0.276 e. The zero-order chi connectivity index (χ0) is 17.8. The zero-order valence-electron chi connectivity index (χ0n) is 14.7. The molecular formula is C19H24N2O3S. The lowest BCUT2D eigenvalue weighted by molar-refractivity contribution is -0.124. The van der Waals surface area contributed by atoms with Gasteiger partial charge in [0.05, 0.1) is 13.7 Å². The van der Waals surface area contributed by atoms with Crippen molar-refractivity contribution in [1.82, 2.24) is 10.2 Å². The van der Waals surface area contributed by atoms with E-state index in [0.717, 1.165) is 31.2 Å². The molecule has 1 aromatic rings. The van der Waals surface area contributed by atoms with Gasteiger partial charge in [-0.15, -0.1) is 0 Å². The van der Waals surface area contributed by atoms with Crippen LogP contribution >= 0.6 is 12.2 Å². The number of carbonyl (C=O) groups is 1. The van der Waals surface area contributed by atoms with E-state index in [2.05, 4.69) is 5.32 Å². The van der Waals surface area contributed by atoms with Crippen molar-refractivity contribution >= 4 is 29.3 Å². The molecule has 1 saturated carbocycles. The van der Waals surface area contributed by atoms with Crippen LogP contribution in [0.2, 0.25) is 0 Å². The fourth-order valence-electron chi connectivity index (χ4n) is 3.43. The van der Waals surface area contributed by atoms with E-state index in [4.69, 9.17) is 21.7 Å². The Morgan fingerprint density at radius 3 is 2.72 bits per heavy atom. The van der Waals surface area contributed by atoms with Crippen molar-refractivity contribution in [3.63, 3.8) is 0 Å². The summed E-state index contributed by atoms with van der Waals surface area (Å²) < 4.78 is 10.9. The Balaban J connectivity index is 1.81. The van der Waals surface area contributed by atoms with E-state index in [1.807, 2.05) is 31.2 Å². The minimum Gasteiger partial charge on any atom is -0.493 e. The molecule has 5 nitrogen and oxygen atoms in total. The highest BCUT2D eigenvalue weighted by atomic mass is 32.1. The standard InChI is InChI=1S/C19H24N2O3S/c1-3-24-16-10-9-13(12-17(16)23-2)11-15-18(22)21(19(25)20-15)14-7-5-4-6-8-14/h9-12,14H,3-8H2,1-2H3,(H,20,25)/b15-11-. The van der Waals surface area contributed by atoms with Gasteiger partial charge in [-0.05, 0) is 55.8 Å². The van der Waals surface area contributed by atoms with Crippen LogP contribution in [0.5, 0.6) is 11.5 Å². The first-order valence-corrected chi connectivity index (χ1v) is 9.22. The molecule has 0 unspecified atom stereocenters. The Morgan fingerprint density at radius 2 is 2.04 bits per heavy atom. The second-order valence-electron chi connectivity index (χ2n) is 6.30. The van der Waals surface area contributed by atoms with Crippen LogP contribution in [0.1, 0.15) is 44.6 Å². The summed E-state index contributed by atoms with van der Waals surface area (Å²) in [5.41, 5.74) is 1.38. The number of nitrogens with one attached hydrogen (secondary N) is 1. The van der Waals surface area contributed by atoms with E-state index < -0.39 is 0 Å². The summed E-state index contributed by atoms with van der Waals surface area (Å²) in [6, 6.07) is 5.84. The third-order valence-corrected chi connectivity index (χ3v) is 4.95. The van der Waals surface area contributed by atoms with Crippen LogP contribution in [0.15, 0.2) is 23.9 Å². The number of thiocarbonyl (C=S) groups is 1. The molecule has 1 aromatic carbocycles. The third kappa shape index (κ3) is 3.79. The Labute approximate surface area is 154 Å². The van der Waals surface area contributed by atoms with Gasteiger partial charge in [-0.2, -0.15) is 0 Å². The summed E-state index contributed by atoms with van der Waals surface area (Å²) >= 11 is 5.40. The number of ether oxygens (including phenoxy) is 2. The molecule has 0 spiro atoms. The molecule has 2 aliphatic rings. The lowest BCUT2D eigenvalue weighted by Gasteiger charge is -2.29.